The highest BCUT2D eigenvalue weighted by Gasteiger charge is 2.43. The van der Waals surface area contributed by atoms with E-state index in [1.807, 2.05) is 13.0 Å². The van der Waals surface area contributed by atoms with E-state index in [1.165, 1.54) is 4.90 Å². The molecule has 150 valence electrons. The van der Waals surface area contributed by atoms with Crippen molar-refractivity contribution in [3.8, 4) is 5.75 Å². The highest BCUT2D eigenvalue weighted by Crippen LogP contribution is 2.39. The summed E-state index contributed by atoms with van der Waals surface area (Å²) in [5.41, 5.74) is 2.08. The minimum Gasteiger partial charge on any atom is -0.492 e. The largest absolute Gasteiger partial charge is 0.492 e. The van der Waals surface area contributed by atoms with Crippen molar-refractivity contribution in [1.29, 1.82) is 0 Å². The topological polar surface area (TPSA) is 49.9 Å². The molecule has 0 radical (unpaired) electrons. The number of nitrogens with zero attached hydrogens (tertiary/aromatic N) is 2. The number of para-hydroxylation sites is 2. The average molecular weight is 411 g/mol. The summed E-state index contributed by atoms with van der Waals surface area (Å²) in [6.07, 6.45) is 3.15. The van der Waals surface area contributed by atoms with E-state index in [0.29, 0.717) is 39.9 Å². The van der Waals surface area contributed by atoms with Crippen molar-refractivity contribution < 1.29 is 14.3 Å². The zero-order chi connectivity index (χ0) is 20.4. The normalized spacial score (nSPS) is 17.3. The summed E-state index contributed by atoms with van der Waals surface area (Å²) in [7, 11) is 0. The fourth-order valence-corrected chi connectivity index (χ4v) is 4.07. The molecular weight excluding hydrogens is 388 g/mol. The van der Waals surface area contributed by atoms with Crippen molar-refractivity contribution in [1.82, 2.24) is 4.90 Å². The molecule has 0 aliphatic carbocycles. The number of benzene rings is 2. The highest BCUT2D eigenvalue weighted by atomic mass is 35.5. The second kappa shape index (κ2) is 8.29. The molecule has 0 atom stereocenters. The Labute approximate surface area is 175 Å². The van der Waals surface area contributed by atoms with Crippen molar-refractivity contribution in [3.05, 3.63) is 64.8 Å². The monoisotopic (exact) mass is 410 g/mol. The van der Waals surface area contributed by atoms with Gasteiger partial charge in [-0.15, -0.1) is 0 Å². The van der Waals surface area contributed by atoms with Gasteiger partial charge in [-0.3, -0.25) is 9.59 Å². The summed E-state index contributed by atoms with van der Waals surface area (Å²) in [5.74, 6) is -0.105. The number of halogens is 1. The molecule has 2 aromatic carbocycles. The Morgan fingerprint density at radius 1 is 0.931 bits per heavy atom. The van der Waals surface area contributed by atoms with E-state index < -0.39 is 0 Å². The first-order valence-corrected chi connectivity index (χ1v) is 10.4. The Balaban J connectivity index is 1.83. The molecule has 0 N–H and O–H groups in total. The van der Waals surface area contributed by atoms with E-state index in [0.717, 1.165) is 32.4 Å². The minimum absolute atomic E-state index is 0.297. The molecule has 2 aliphatic heterocycles. The van der Waals surface area contributed by atoms with Crippen molar-refractivity contribution >= 4 is 34.7 Å². The van der Waals surface area contributed by atoms with Crippen LogP contribution in [-0.2, 0) is 9.59 Å². The number of piperidine rings is 1. The number of imide groups is 1. The van der Waals surface area contributed by atoms with Gasteiger partial charge < -0.3 is 9.64 Å². The lowest BCUT2D eigenvalue weighted by atomic mass is 10.0. The van der Waals surface area contributed by atoms with Gasteiger partial charge in [0.05, 0.1) is 17.9 Å². The second-order valence-electron chi connectivity index (χ2n) is 7.12. The lowest BCUT2D eigenvalue weighted by Gasteiger charge is -2.29. The summed E-state index contributed by atoms with van der Waals surface area (Å²) in [6.45, 7) is 3.86. The van der Waals surface area contributed by atoms with Gasteiger partial charge in [-0.1, -0.05) is 35.9 Å². The molecular formula is C23H23ClN2O3. The molecule has 2 aromatic rings. The molecule has 0 spiro atoms. The third-order valence-electron chi connectivity index (χ3n) is 5.27. The molecule has 29 heavy (non-hydrogen) atoms. The molecule has 2 heterocycles. The van der Waals surface area contributed by atoms with Crippen LogP contribution >= 0.6 is 11.6 Å². The summed E-state index contributed by atoms with van der Waals surface area (Å²) >= 11 is 6.04. The van der Waals surface area contributed by atoms with Crippen molar-refractivity contribution in [2.75, 3.05) is 24.6 Å². The second-order valence-corrected chi connectivity index (χ2v) is 7.56. The number of anilines is 1. The van der Waals surface area contributed by atoms with Gasteiger partial charge in [-0.25, -0.2) is 4.90 Å². The lowest BCUT2D eigenvalue weighted by molar-refractivity contribution is -0.120. The van der Waals surface area contributed by atoms with Gasteiger partial charge in [0.15, 0.2) is 0 Å². The SMILES string of the molecule is CCOc1ccccc1N1C(=O)C(c2ccc(Cl)cc2)=C(N2CCCCC2)C1=O. The number of carbonyl (C=O) groups excluding carboxylic acids is 2. The van der Waals surface area contributed by atoms with E-state index in [4.69, 9.17) is 16.3 Å². The predicted octanol–water partition coefficient (Wildman–Crippen LogP) is 4.51. The number of likely N-dealkylation sites (tertiary alicyclic amines) is 1. The van der Waals surface area contributed by atoms with Crippen LogP contribution in [0.2, 0.25) is 5.02 Å². The molecule has 0 unspecified atom stereocenters. The molecule has 1 saturated heterocycles. The number of hydrogen-bond acceptors (Lipinski definition) is 4. The van der Waals surface area contributed by atoms with E-state index >= 15 is 0 Å². The van der Waals surface area contributed by atoms with Gasteiger partial charge in [-0.2, -0.15) is 0 Å². The molecule has 6 heteroatoms. The van der Waals surface area contributed by atoms with Crippen molar-refractivity contribution in [3.63, 3.8) is 0 Å². The fraction of sp³-hybridized carbons (Fsp3) is 0.304. The molecule has 5 nitrogen and oxygen atoms in total. The number of ether oxygens (including phenoxy) is 1. The summed E-state index contributed by atoms with van der Waals surface area (Å²) in [5, 5.41) is 0.587. The zero-order valence-electron chi connectivity index (χ0n) is 16.4. The molecule has 0 saturated carbocycles. The molecule has 1 fully saturated rings. The summed E-state index contributed by atoms with van der Waals surface area (Å²) in [4.78, 5) is 30.4. The van der Waals surface area contributed by atoms with Crippen LogP contribution in [0, 0.1) is 0 Å². The Hall–Kier alpha value is -2.79. The number of amides is 2. The molecule has 4 rings (SSSR count). The van der Waals surface area contributed by atoms with Crippen LogP contribution in [-0.4, -0.2) is 36.4 Å². The van der Waals surface area contributed by atoms with Crippen LogP contribution in [0.4, 0.5) is 5.69 Å². The van der Waals surface area contributed by atoms with Gasteiger partial charge in [0.2, 0.25) is 0 Å². The molecule has 2 amide bonds. The standard InChI is InChI=1S/C23H23ClN2O3/c1-2-29-19-9-5-4-8-18(19)26-22(27)20(16-10-12-17(24)13-11-16)21(23(26)28)25-14-6-3-7-15-25/h4-5,8-13H,2-3,6-7,14-15H2,1H3. The van der Waals surface area contributed by atoms with E-state index in [2.05, 4.69) is 4.90 Å². The maximum Gasteiger partial charge on any atom is 0.282 e. The van der Waals surface area contributed by atoms with Crippen LogP contribution in [0.25, 0.3) is 5.57 Å². The fourth-order valence-electron chi connectivity index (χ4n) is 3.94. The van der Waals surface area contributed by atoms with Gasteiger partial charge in [-0.05, 0) is 56.0 Å². The highest BCUT2D eigenvalue weighted by molar-refractivity contribution is 6.45. The van der Waals surface area contributed by atoms with E-state index in [1.54, 1.807) is 42.5 Å². The maximum absolute atomic E-state index is 13.5. The first-order chi connectivity index (χ1) is 14.1. The maximum atomic E-state index is 13.5. The van der Waals surface area contributed by atoms with Gasteiger partial charge in [0.25, 0.3) is 11.8 Å². The lowest BCUT2D eigenvalue weighted by Crippen LogP contribution is -2.37. The van der Waals surface area contributed by atoms with Crippen LogP contribution in [0.1, 0.15) is 31.7 Å². The summed E-state index contributed by atoms with van der Waals surface area (Å²) < 4.78 is 5.69. The number of rotatable bonds is 5. The van der Waals surface area contributed by atoms with Crippen LogP contribution in [0.15, 0.2) is 54.2 Å². The number of carbonyl (C=O) groups is 2. The zero-order valence-corrected chi connectivity index (χ0v) is 17.1. The van der Waals surface area contributed by atoms with Crippen molar-refractivity contribution in [2.24, 2.45) is 0 Å². The van der Waals surface area contributed by atoms with Gasteiger partial charge >= 0.3 is 0 Å². The Kier molecular flexibility index (Phi) is 5.58. The Morgan fingerprint density at radius 2 is 1.62 bits per heavy atom. The third kappa shape index (κ3) is 3.62. The first kappa shape index (κ1) is 19.5. The quantitative estimate of drug-likeness (QED) is 0.680. The molecule has 2 aliphatic rings. The molecule has 0 bridgehead atoms. The van der Waals surface area contributed by atoms with Crippen LogP contribution in [0.3, 0.4) is 0 Å². The average Bonchev–Trinajstić information content (AvgIpc) is 3.00. The van der Waals surface area contributed by atoms with Crippen LogP contribution in [0.5, 0.6) is 5.75 Å². The van der Waals surface area contributed by atoms with Crippen molar-refractivity contribution in [2.45, 2.75) is 26.2 Å². The Morgan fingerprint density at radius 3 is 2.31 bits per heavy atom. The van der Waals surface area contributed by atoms with E-state index in [9.17, 15) is 9.59 Å². The minimum atomic E-state index is -0.329. The van der Waals surface area contributed by atoms with E-state index in [-0.39, 0.29) is 11.8 Å². The summed E-state index contributed by atoms with van der Waals surface area (Å²) in [6, 6.07) is 14.2. The third-order valence-corrected chi connectivity index (χ3v) is 5.52. The Bertz CT molecular complexity index is 962. The van der Waals surface area contributed by atoms with Crippen LogP contribution < -0.4 is 9.64 Å². The number of hydrogen-bond donors (Lipinski definition) is 0. The smallest absolute Gasteiger partial charge is 0.282 e. The first-order valence-electron chi connectivity index (χ1n) is 9.97. The van der Waals surface area contributed by atoms with Gasteiger partial charge in [0, 0.05) is 18.1 Å². The predicted molar refractivity (Wildman–Crippen MR) is 114 cm³/mol. The van der Waals surface area contributed by atoms with Gasteiger partial charge in [0.1, 0.15) is 11.4 Å². The molecule has 0 aromatic heterocycles.